The van der Waals surface area contributed by atoms with Crippen molar-refractivity contribution in [2.75, 3.05) is 0 Å². The van der Waals surface area contributed by atoms with Crippen LogP contribution in [-0.4, -0.2) is 10.5 Å². The third-order valence-electron chi connectivity index (χ3n) is 3.51. The average molecular weight is 265 g/mol. The molecule has 1 aromatic heterocycles. The number of aromatic nitrogens is 1. The molecule has 0 saturated heterocycles. The minimum atomic E-state index is 0. The molecule has 2 heteroatoms. The Morgan fingerprint density at radius 1 is 0.789 bits per heavy atom. The molecule has 0 saturated carbocycles. The lowest BCUT2D eigenvalue weighted by Gasteiger charge is -2.02. The zero-order valence-corrected chi connectivity index (χ0v) is 12.5. The molecule has 0 atom stereocenters. The van der Waals surface area contributed by atoms with Gasteiger partial charge in [-0.1, -0.05) is 70.8 Å². The van der Waals surface area contributed by atoms with E-state index >= 15 is 0 Å². The molecule has 1 aromatic rings. The van der Waals surface area contributed by atoms with Crippen molar-refractivity contribution < 1.29 is 5.48 Å². The molecular weight excluding hydrogens is 234 g/mol. The van der Waals surface area contributed by atoms with Gasteiger partial charge in [0.2, 0.25) is 0 Å². The van der Waals surface area contributed by atoms with Gasteiger partial charge >= 0.3 is 0 Å². The normalized spacial score (nSPS) is 10.2. The van der Waals surface area contributed by atoms with Gasteiger partial charge in [0.15, 0.2) is 0 Å². The molecule has 0 aromatic carbocycles. The van der Waals surface area contributed by atoms with Crippen LogP contribution in [0.15, 0.2) is 24.4 Å². The van der Waals surface area contributed by atoms with Gasteiger partial charge in [-0.2, -0.15) is 0 Å². The van der Waals surface area contributed by atoms with Crippen LogP contribution >= 0.6 is 0 Å². The lowest BCUT2D eigenvalue weighted by atomic mass is 10.1. The first-order chi connectivity index (χ1) is 8.93. The minimum Gasteiger partial charge on any atom is -0.412 e. The van der Waals surface area contributed by atoms with Crippen LogP contribution in [0.5, 0.6) is 0 Å². The summed E-state index contributed by atoms with van der Waals surface area (Å²) in [4.78, 5) is 4.35. The molecule has 0 spiro atoms. The van der Waals surface area contributed by atoms with Crippen LogP contribution in [0.1, 0.15) is 76.8 Å². The fourth-order valence-electron chi connectivity index (χ4n) is 2.34. The van der Waals surface area contributed by atoms with Crippen LogP contribution < -0.4 is 0 Å². The zero-order chi connectivity index (χ0) is 12.9. The van der Waals surface area contributed by atoms with E-state index in [-0.39, 0.29) is 5.48 Å². The summed E-state index contributed by atoms with van der Waals surface area (Å²) in [6, 6.07) is 6.20. The summed E-state index contributed by atoms with van der Waals surface area (Å²) in [6.07, 6.45) is 17.1. The molecule has 0 fully saturated rings. The van der Waals surface area contributed by atoms with Gasteiger partial charge in [-0.3, -0.25) is 4.98 Å². The smallest absolute Gasteiger partial charge is 0.0403 e. The van der Waals surface area contributed by atoms with E-state index in [1.807, 2.05) is 12.3 Å². The second-order valence-corrected chi connectivity index (χ2v) is 5.25. The molecule has 0 bridgehead atoms. The Labute approximate surface area is 119 Å². The van der Waals surface area contributed by atoms with Crippen LogP contribution in [0.3, 0.4) is 0 Å². The highest BCUT2D eigenvalue weighted by Gasteiger charge is 1.94. The lowest BCUT2D eigenvalue weighted by Crippen LogP contribution is -1.89. The topological polar surface area (TPSA) is 44.4 Å². The standard InChI is InChI=1S/C17H29N.H2O/c1-2-3-4-5-6-7-8-9-10-11-14-17-15-12-13-16-18-17;/h12-13,15-16H,2-11,14H2,1H3;1H2. The first-order valence-corrected chi connectivity index (χ1v) is 7.83. The van der Waals surface area contributed by atoms with E-state index in [0.29, 0.717) is 0 Å². The molecule has 19 heavy (non-hydrogen) atoms. The average Bonchev–Trinajstić information content (AvgIpc) is 2.42. The summed E-state index contributed by atoms with van der Waals surface area (Å²) < 4.78 is 0. The minimum absolute atomic E-state index is 0. The summed E-state index contributed by atoms with van der Waals surface area (Å²) in [5.41, 5.74) is 1.25. The van der Waals surface area contributed by atoms with Gasteiger partial charge in [0.25, 0.3) is 0 Å². The lowest BCUT2D eigenvalue weighted by molar-refractivity contribution is 0.555. The highest BCUT2D eigenvalue weighted by Crippen LogP contribution is 2.11. The Balaban J connectivity index is 0.00000324. The van der Waals surface area contributed by atoms with Crippen LogP contribution in [-0.2, 0) is 6.42 Å². The maximum Gasteiger partial charge on any atom is 0.0403 e. The van der Waals surface area contributed by atoms with E-state index in [4.69, 9.17) is 0 Å². The van der Waals surface area contributed by atoms with E-state index < -0.39 is 0 Å². The van der Waals surface area contributed by atoms with E-state index in [1.54, 1.807) is 0 Å². The number of hydrogen-bond donors (Lipinski definition) is 0. The van der Waals surface area contributed by atoms with Gasteiger partial charge in [0, 0.05) is 11.9 Å². The Hall–Kier alpha value is -0.890. The van der Waals surface area contributed by atoms with Gasteiger partial charge in [-0.15, -0.1) is 0 Å². The number of pyridine rings is 1. The molecular formula is C17H31NO. The van der Waals surface area contributed by atoms with E-state index in [0.717, 1.165) is 6.42 Å². The molecule has 0 unspecified atom stereocenters. The fourth-order valence-corrected chi connectivity index (χ4v) is 2.34. The summed E-state index contributed by atoms with van der Waals surface area (Å²) in [5.74, 6) is 0. The van der Waals surface area contributed by atoms with Gasteiger partial charge in [0.05, 0.1) is 0 Å². The first kappa shape index (κ1) is 18.1. The Morgan fingerprint density at radius 3 is 1.89 bits per heavy atom. The van der Waals surface area contributed by atoms with Crippen molar-refractivity contribution in [2.45, 2.75) is 77.6 Å². The number of nitrogens with zero attached hydrogens (tertiary/aromatic N) is 1. The summed E-state index contributed by atoms with van der Waals surface area (Å²) in [6.45, 7) is 2.28. The number of hydrogen-bond acceptors (Lipinski definition) is 1. The van der Waals surface area contributed by atoms with Gasteiger partial charge < -0.3 is 5.48 Å². The second kappa shape index (κ2) is 13.5. The molecule has 110 valence electrons. The summed E-state index contributed by atoms with van der Waals surface area (Å²) in [5, 5.41) is 0. The van der Waals surface area contributed by atoms with Crippen LogP contribution in [0.2, 0.25) is 0 Å². The highest BCUT2D eigenvalue weighted by atomic mass is 16.0. The first-order valence-electron chi connectivity index (χ1n) is 7.83. The predicted molar refractivity (Wildman–Crippen MR) is 83.4 cm³/mol. The van der Waals surface area contributed by atoms with Crippen LogP contribution in [0.25, 0.3) is 0 Å². The third-order valence-corrected chi connectivity index (χ3v) is 3.51. The van der Waals surface area contributed by atoms with Crippen LogP contribution in [0.4, 0.5) is 0 Å². The van der Waals surface area contributed by atoms with Crippen molar-refractivity contribution in [3.8, 4) is 0 Å². The molecule has 0 radical (unpaired) electrons. The Bertz CT molecular complexity index is 274. The van der Waals surface area contributed by atoms with E-state index in [9.17, 15) is 0 Å². The molecule has 2 nitrogen and oxygen atoms in total. The van der Waals surface area contributed by atoms with Crippen molar-refractivity contribution in [1.82, 2.24) is 4.98 Å². The van der Waals surface area contributed by atoms with Gasteiger partial charge in [-0.25, -0.2) is 0 Å². The van der Waals surface area contributed by atoms with Crippen molar-refractivity contribution in [3.63, 3.8) is 0 Å². The number of rotatable bonds is 11. The highest BCUT2D eigenvalue weighted by molar-refractivity contribution is 5.03. The third kappa shape index (κ3) is 10.7. The quantitative estimate of drug-likeness (QED) is 0.534. The Morgan fingerprint density at radius 2 is 1.37 bits per heavy atom. The molecule has 0 aliphatic heterocycles. The SMILES string of the molecule is CCCCCCCCCCCCc1ccccn1.O. The van der Waals surface area contributed by atoms with Crippen molar-refractivity contribution >= 4 is 0 Å². The molecule has 0 amide bonds. The largest absolute Gasteiger partial charge is 0.412 e. The maximum atomic E-state index is 4.35. The van der Waals surface area contributed by atoms with Crippen molar-refractivity contribution in [3.05, 3.63) is 30.1 Å². The second-order valence-electron chi connectivity index (χ2n) is 5.25. The molecule has 1 heterocycles. The predicted octanol–water partition coefficient (Wildman–Crippen LogP) is 4.72. The zero-order valence-electron chi connectivity index (χ0n) is 12.5. The van der Waals surface area contributed by atoms with Crippen molar-refractivity contribution in [2.24, 2.45) is 0 Å². The fraction of sp³-hybridized carbons (Fsp3) is 0.706. The molecule has 1 rings (SSSR count). The summed E-state index contributed by atoms with van der Waals surface area (Å²) >= 11 is 0. The van der Waals surface area contributed by atoms with E-state index in [2.05, 4.69) is 24.0 Å². The molecule has 0 aliphatic rings. The monoisotopic (exact) mass is 265 g/mol. The van der Waals surface area contributed by atoms with Crippen LogP contribution in [0, 0.1) is 0 Å². The van der Waals surface area contributed by atoms with Gasteiger partial charge in [-0.05, 0) is 25.0 Å². The Kier molecular flexibility index (Phi) is 12.9. The molecule has 0 aliphatic carbocycles. The van der Waals surface area contributed by atoms with Crippen molar-refractivity contribution in [1.29, 1.82) is 0 Å². The number of aryl methyl sites for hydroxylation is 1. The number of unbranched alkanes of at least 4 members (excludes halogenated alkanes) is 9. The van der Waals surface area contributed by atoms with Gasteiger partial charge in [0.1, 0.15) is 0 Å². The van der Waals surface area contributed by atoms with E-state index in [1.165, 1.54) is 69.9 Å². The summed E-state index contributed by atoms with van der Waals surface area (Å²) in [7, 11) is 0. The molecule has 2 N–H and O–H groups in total. The maximum absolute atomic E-state index is 4.35.